The molecule has 2 rings (SSSR count). The molecule has 112 valence electrons. The molecule has 3 N–H and O–H groups in total. The number of aromatic nitrogens is 2. The maximum absolute atomic E-state index is 5.94. The SMILES string of the molecule is COCc1ccccc1NC(N)=NCc1cc(C)nn1C. The molecule has 1 aromatic carbocycles. The summed E-state index contributed by atoms with van der Waals surface area (Å²) < 4.78 is 6.98. The van der Waals surface area contributed by atoms with Crippen LogP contribution in [-0.4, -0.2) is 22.8 Å². The fraction of sp³-hybridized carbons (Fsp3) is 0.333. The topological polar surface area (TPSA) is 77.5 Å². The molecule has 2 aromatic rings. The van der Waals surface area contributed by atoms with E-state index in [4.69, 9.17) is 10.5 Å². The predicted octanol–water partition coefficient (Wildman–Crippen LogP) is 1.80. The molecule has 0 aliphatic rings. The highest BCUT2D eigenvalue weighted by molar-refractivity contribution is 5.92. The van der Waals surface area contributed by atoms with E-state index in [0.29, 0.717) is 19.1 Å². The highest BCUT2D eigenvalue weighted by Crippen LogP contribution is 2.15. The molecule has 0 atom stereocenters. The quantitative estimate of drug-likeness (QED) is 0.649. The number of nitrogens with one attached hydrogen (secondary N) is 1. The molecule has 0 bridgehead atoms. The Morgan fingerprint density at radius 3 is 2.86 bits per heavy atom. The third-order valence-corrected chi connectivity index (χ3v) is 3.09. The first-order chi connectivity index (χ1) is 10.1. The average molecular weight is 287 g/mol. The normalized spacial score (nSPS) is 11.7. The third kappa shape index (κ3) is 4.06. The van der Waals surface area contributed by atoms with Gasteiger partial charge < -0.3 is 15.8 Å². The predicted molar refractivity (Wildman–Crippen MR) is 84.0 cm³/mol. The molecular formula is C15H21N5O. The van der Waals surface area contributed by atoms with Crippen LogP contribution in [0.5, 0.6) is 0 Å². The summed E-state index contributed by atoms with van der Waals surface area (Å²) in [6, 6.07) is 9.84. The fourth-order valence-electron chi connectivity index (χ4n) is 2.08. The van der Waals surface area contributed by atoms with Gasteiger partial charge in [-0.15, -0.1) is 0 Å². The van der Waals surface area contributed by atoms with E-state index in [-0.39, 0.29) is 0 Å². The second kappa shape index (κ2) is 6.90. The fourth-order valence-corrected chi connectivity index (χ4v) is 2.08. The molecule has 0 saturated heterocycles. The Kier molecular flexibility index (Phi) is 4.94. The molecule has 0 saturated carbocycles. The van der Waals surface area contributed by atoms with Gasteiger partial charge in [-0.2, -0.15) is 5.10 Å². The van der Waals surface area contributed by atoms with Crippen molar-refractivity contribution in [3.63, 3.8) is 0 Å². The number of hydrogen-bond donors (Lipinski definition) is 2. The number of anilines is 1. The number of nitrogens with zero attached hydrogens (tertiary/aromatic N) is 3. The zero-order valence-electron chi connectivity index (χ0n) is 12.6. The van der Waals surface area contributed by atoms with Gasteiger partial charge in [-0.05, 0) is 19.1 Å². The minimum atomic E-state index is 0.373. The van der Waals surface area contributed by atoms with E-state index < -0.39 is 0 Å². The monoisotopic (exact) mass is 287 g/mol. The number of benzene rings is 1. The summed E-state index contributed by atoms with van der Waals surface area (Å²) in [5.74, 6) is 0.373. The second-order valence-electron chi connectivity index (χ2n) is 4.82. The van der Waals surface area contributed by atoms with Gasteiger partial charge in [0.05, 0.1) is 24.5 Å². The van der Waals surface area contributed by atoms with Crippen LogP contribution in [0, 0.1) is 6.92 Å². The van der Waals surface area contributed by atoms with Crippen molar-refractivity contribution >= 4 is 11.6 Å². The summed E-state index contributed by atoms with van der Waals surface area (Å²) in [5, 5.41) is 7.39. The number of ether oxygens (including phenoxy) is 1. The van der Waals surface area contributed by atoms with Crippen LogP contribution in [0.25, 0.3) is 0 Å². The summed E-state index contributed by atoms with van der Waals surface area (Å²) in [7, 11) is 3.56. The van der Waals surface area contributed by atoms with E-state index in [9.17, 15) is 0 Å². The van der Waals surface area contributed by atoms with Crippen LogP contribution in [0.2, 0.25) is 0 Å². The number of hydrogen-bond acceptors (Lipinski definition) is 3. The lowest BCUT2D eigenvalue weighted by Crippen LogP contribution is -2.23. The van der Waals surface area contributed by atoms with Gasteiger partial charge in [0.1, 0.15) is 0 Å². The first-order valence-electron chi connectivity index (χ1n) is 6.73. The Labute approximate surface area is 124 Å². The molecule has 0 fully saturated rings. The lowest BCUT2D eigenvalue weighted by atomic mass is 10.2. The average Bonchev–Trinajstić information content (AvgIpc) is 2.77. The highest BCUT2D eigenvalue weighted by atomic mass is 16.5. The Balaban J connectivity index is 2.05. The van der Waals surface area contributed by atoms with Gasteiger partial charge in [0.15, 0.2) is 5.96 Å². The minimum absolute atomic E-state index is 0.373. The van der Waals surface area contributed by atoms with Crippen molar-refractivity contribution in [3.05, 3.63) is 47.3 Å². The second-order valence-corrected chi connectivity index (χ2v) is 4.82. The molecule has 0 radical (unpaired) electrons. The van der Waals surface area contributed by atoms with Crippen molar-refractivity contribution in [2.75, 3.05) is 12.4 Å². The molecule has 6 nitrogen and oxygen atoms in total. The number of nitrogens with two attached hydrogens (primary N) is 1. The molecule has 0 amide bonds. The zero-order valence-corrected chi connectivity index (χ0v) is 12.6. The molecule has 0 unspecified atom stereocenters. The molecule has 6 heteroatoms. The molecule has 0 spiro atoms. The molecule has 1 heterocycles. The first kappa shape index (κ1) is 15.1. The van der Waals surface area contributed by atoms with Gasteiger partial charge in [-0.3, -0.25) is 4.68 Å². The van der Waals surface area contributed by atoms with Crippen LogP contribution in [0.15, 0.2) is 35.3 Å². The maximum Gasteiger partial charge on any atom is 0.193 e. The Morgan fingerprint density at radius 2 is 2.19 bits per heavy atom. The van der Waals surface area contributed by atoms with Gasteiger partial charge >= 0.3 is 0 Å². The number of aryl methyl sites for hydroxylation is 2. The van der Waals surface area contributed by atoms with E-state index in [0.717, 1.165) is 22.6 Å². The van der Waals surface area contributed by atoms with Crippen LogP contribution in [0.3, 0.4) is 0 Å². The van der Waals surface area contributed by atoms with E-state index >= 15 is 0 Å². The van der Waals surface area contributed by atoms with E-state index in [1.54, 1.807) is 7.11 Å². The minimum Gasteiger partial charge on any atom is -0.380 e. The molecule has 0 aliphatic carbocycles. The van der Waals surface area contributed by atoms with Crippen LogP contribution in [-0.2, 0) is 24.9 Å². The molecule has 1 aromatic heterocycles. The molecule has 21 heavy (non-hydrogen) atoms. The summed E-state index contributed by atoms with van der Waals surface area (Å²) in [5.41, 5.74) is 9.87. The van der Waals surface area contributed by atoms with Gasteiger partial charge in [0, 0.05) is 25.4 Å². The Hall–Kier alpha value is -2.34. The molecule has 0 aliphatic heterocycles. The molecular weight excluding hydrogens is 266 g/mol. The smallest absolute Gasteiger partial charge is 0.193 e. The van der Waals surface area contributed by atoms with Crippen molar-refractivity contribution in [1.82, 2.24) is 9.78 Å². The van der Waals surface area contributed by atoms with Crippen molar-refractivity contribution in [1.29, 1.82) is 0 Å². The number of para-hydroxylation sites is 1. The summed E-state index contributed by atoms with van der Waals surface area (Å²) in [6.07, 6.45) is 0. The van der Waals surface area contributed by atoms with Gasteiger partial charge in [0.2, 0.25) is 0 Å². The van der Waals surface area contributed by atoms with Crippen molar-refractivity contribution in [2.24, 2.45) is 17.8 Å². The first-order valence-corrected chi connectivity index (χ1v) is 6.73. The summed E-state index contributed by atoms with van der Waals surface area (Å²) >= 11 is 0. The number of rotatable bonds is 5. The lowest BCUT2D eigenvalue weighted by molar-refractivity contribution is 0.185. The van der Waals surface area contributed by atoms with Gasteiger partial charge in [-0.1, -0.05) is 18.2 Å². The number of methoxy groups -OCH3 is 1. The van der Waals surface area contributed by atoms with Crippen LogP contribution in [0.1, 0.15) is 17.0 Å². The van der Waals surface area contributed by atoms with Crippen LogP contribution < -0.4 is 11.1 Å². The van der Waals surface area contributed by atoms with Crippen molar-refractivity contribution in [3.8, 4) is 0 Å². The van der Waals surface area contributed by atoms with E-state index in [1.807, 2.05) is 49.0 Å². The van der Waals surface area contributed by atoms with Crippen molar-refractivity contribution in [2.45, 2.75) is 20.1 Å². The highest BCUT2D eigenvalue weighted by Gasteiger charge is 2.04. The third-order valence-electron chi connectivity index (χ3n) is 3.09. The van der Waals surface area contributed by atoms with Gasteiger partial charge in [0.25, 0.3) is 0 Å². The summed E-state index contributed by atoms with van der Waals surface area (Å²) in [4.78, 5) is 4.35. The van der Waals surface area contributed by atoms with Crippen molar-refractivity contribution < 1.29 is 4.74 Å². The van der Waals surface area contributed by atoms with E-state index in [2.05, 4.69) is 15.4 Å². The van der Waals surface area contributed by atoms with Crippen LogP contribution in [0.4, 0.5) is 5.69 Å². The standard InChI is InChI=1S/C15H21N5O/c1-11-8-13(20(2)19-11)9-17-15(16)18-14-7-5-4-6-12(14)10-21-3/h4-8H,9-10H2,1-3H3,(H3,16,17,18). The van der Waals surface area contributed by atoms with Crippen LogP contribution >= 0.6 is 0 Å². The maximum atomic E-state index is 5.94. The Bertz CT molecular complexity index is 633. The van der Waals surface area contributed by atoms with E-state index in [1.165, 1.54) is 0 Å². The lowest BCUT2D eigenvalue weighted by Gasteiger charge is -2.10. The number of aliphatic imine (C=N–C) groups is 1. The Morgan fingerprint density at radius 1 is 1.43 bits per heavy atom. The number of guanidine groups is 1. The van der Waals surface area contributed by atoms with Gasteiger partial charge in [-0.25, -0.2) is 4.99 Å². The largest absolute Gasteiger partial charge is 0.380 e. The summed E-state index contributed by atoms with van der Waals surface area (Å²) in [6.45, 7) is 2.97. The zero-order chi connectivity index (χ0) is 15.2.